The van der Waals surface area contributed by atoms with Gasteiger partial charge in [0.1, 0.15) is 18.1 Å². The molecule has 7 N–H and O–H groups in total. The van der Waals surface area contributed by atoms with E-state index in [2.05, 4.69) is 10.6 Å². The van der Waals surface area contributed by atoms with Crippen molar-refractivity contribution in [3.05, 3.63) is 0 Å². The highest BCUT2D eigenvalue weighted by Crippen LogP contribution is 2.20. The Morgan fingerprint density at radius 1 is 1.03 bits per heavy atom. The van der Waals surface area contributed by atoms with Gasteiger partial charge in [-0.05, 0) is 75.5 Å². The molecule has 10 nitrogen and oxygen atoms in total. The van der Waals surface area contributed by atoms with Crippen molar-refractivity contribution < 1.29 is 24.3 Å². The molecule has 0 aromatic carbocycles. The third-order valence-electron chi connectivity index (χ3n) is 5.60. The predicted molar refractivity (Wildman–Crippen MR) is 133 cm³/mol. The van der Waals surface area contributed by atoms with Crippen LogP contribution < -0.4 is 22.1 Å². The van der Waals surface area contributed by atoms with E-state index in [1.165, 1.54) is 4.90 Å². The second-order valence-electron chi connectivity index (χ2n) is 8.10. The minimum atomic E-state index is -1.11. The van der Waals surface area contributed by atoms with Crippen molar-refractivity contribution in [3.63, 3.8) is 0 Å². The highest BCUT2D eigenvalue weighted by Gasteiger charge is 2.38. The standard InChI is InChI=1S/C21H39N5O5S2/c1-32-12-8-14(23)18(27)24-15(9-13-33-2)20(29)26-11-5-7-17(26)19(28)25-16(21(30)31)6-3-4-10-22/h14-17H,3-13,22-23H2,1-2H3,(H,24,27)(H,25,28)(H,30,31). The van der Waals surface area contributed by atoms with Crippen LogP contribution in [-0.2, 0) is 19.2 Å². The number of amides is 3. The number of nitrogens with two attached hydrogens (primary N) is 2. The fourth-order valence-electron chi connectivity index (χ4n) is 3.67. The van der Waals surface area contributed by atoms with Gasteiger partial charge in [-0.2, -0.15) is 23.5 Å². The normalized spacial score (nSPS) is 18.4. The van der Waals surface area contributed by atoms with Gasteiger partial charge < -0.3 is 32.1 Å². The van der Waals surface area contributed by atoms with Crippen molar-refractivity contribution in [2.45, 2.75) is 69.1 Å². The zero-order valence-corrected chi connectivity index (χ0v) is 21.2. The van der Waals surface area contributed by atoms with Crippen LogP contribution in [-0.4, -0.2) is 95.0 Å². The molecule has 1 fully saturated rings. The van der Waals surface area contributed by atoms with E-state index in [0.717, 1.165) is 5.75 Å². The first-order chi connectivity index (χ1) is 15.8. The molecule has 3 amide bonds. The Labute approximate surface area is 204 Å². The van der Waals surface area contributed by atoms with Crippen LogP contribution >= 0.6 is 23.5 Å². The molecule has 33 heavy (non-hydrogen) atoms. The van der Waals surface area contributed by atoms with Crippen molar-refractivity contribution in [3.8, 4) is 0 Å². The lowest BCUT2D eigenvalue weighted by Crippen LogP contribution is -2.57. The van der Waals surface area contributed by atoms with E-state index in [1.54, 1.807) is 23.5 Å². The number of nitrogens with one attached hydrogen (secondary N) is 2. The Hall–Kier alpha value is -1.50. The van der Waals surface area contributed by atoms with Crippen molar-refractivity contribution in [2.24, 2.45) is 11.5 Å². The van der Waals surface area contributed by atoms with Crippen LogP contribution in [0.3, 0.4) is 0 Å². The van der Waals surface area contributed by atoms with Crippen molar-refractivity contribution >= 4 is 47.2 Å². The molecule has 1 aliphatic heterocycles. The molecule has 1 saturated heterocycles. The summed E-state index contributed by atoms with van der Waals surface area (Å²) in [5, 5.41) is 14.8. The lowest BCUT2D eigenvalue weighted by molar-refractivity contribution is -0.145. The van der Waals surface area contributed by atoms with Gasteiger partial charge in [0.05, 0.1) is 6.04 Å². The number of carbonyl (C=O) groups is 4. The van der Waals surface area contributed by atoms with Crippen molar-refractivity contribution in [2.75, 3.05) is 37.1 Å². The lowest BCUT2D eigenvalue weighted by Gasteiger charge is -2.30. The number of hydrogen-bond acceptors (Lipinski definition) is 8. The van der Waals surface area contributed by atoms with Gasteiger partial charge in [0, 0.05) is 6.54 Å². The molecular formula is C21H39N5O5S2. The number of likely N-dealkylation sites (tertiary alicyclic amines) is 1. The fourth-order valence-corrected chi connectivity index (χ4v) is 4.63. The summed E-state index contributed by atoms with van der Waals surface area (Å²) >= 11 is 3.15. The average Bonchev–Trinajstić information content (AvgIpc) is 3.28. The first-order valence-corrected chi connectivity index (χ1v) is 14.1. The highest BCUT2D eigenvalue weighted by molar-refractivity contribution is 7.98. The monoisotopic (exact) mass is 505 g/mol. The molecule has 12 heteroatoms. The summed E-state index contributed by atoms with van der Waals surface area (Å²) in [6.45, 7) is 0.835. The minimum Gasteiger partial charge on any atom is -0.480 e. The first kappa shape index (κ1) is 29.5. The quantitative estimate of drug-likeness (QED) is 0.181. The van der Waals surface area contributed by atoms with Crippen molar-refractivity contribution in [1.29, 1.82) is 0 Å². The summed E-state index contributed by atoms with van der Waals surface area (Å²) in [5.41, 5.74) is 11.4. The van der Waals surface area contributed by atoms with Crippen LogP contribution in [0.5, 0.6) is 0 Å². The molecule has 0 radical (unpaired) electrons. The van der Waals surface area contributed by atoms with E-state index >= 15 is 0 Å². The van der Waals surface area contributed by atoms with E-state index in [9.17, 15) is 24.3 Å². The maximum Gasteiger partial charge on any atom is 0.326 e. The second-order valence-corrected chi connectivity index (χ2v) is 10.1. The van der Waals surface area contributed by atoms with E-state index in [1.807, 2.05) is 12.5 Å². The molecule has 0 bridgehead atoms. The Balaban J connectivity index is 2.85. The zero-order valence-electron chi connectivity index (χ0n) is 19.6. The average molecular weight is 506 g/mol. The van der Waals surface area contributed by atoms with Gasteiger partial charge in [-0.1, -0.05) is 0 Å². The Bertz CT molecular complexity index is 655. The van der Waals surface area contributed by atoms with E-state index in [-0.39, 0.29) is 18.2 Å². The molecule has 0 saturated carbocycles. The van der Waals surface area contributed by atoms with Crippen LogP contribution in [0.4, 0.5) is 0 Å². The van der Waals surface area contributed by atoms with Gasteiger partial charge in [-0.25, -0.2) is 4.79 Å². The molecule has 190 valence electrons. The Morgan fingerprint density at radius 2 is 1.70 bits per heavy atom. The smallest absolute Gasteiger partial charge is 0.326 e. The topological polar surface area (TPSA) is 168 Å². The number of rotatable bonds is 16. The van der Waals surface area contributed by atoms with E-state index in [0.29, 0.717) is 57.4 Å². The van der Waals surface area contributed by atoms with Gasteiger partial charge >= 0.3 is 5.97 Å². The van der Waals surface area contributed by atoms with E-state index < -0.39 is 36.0 Å². The molecule has 0 aliphatic carbocycles. The zero-order chi connectivity index (χ0) is 24.8. The third-order valence-corrected chi connectivity index (χ3v) is 6.88. The maximum absolute atomic E-state index is 13.3. The van der Waals surface area contributed by atoms with Gasteiger partial charge in [0.15, 0.2) is 0 Å². The minimum absolute atomic E-state index is 0.277. The summed E-state index contributed by atoms with van der Waals surface area (Å²) in [5.74, 6) is -0.906. The molecular weight excluding hydrogens is 466 g/mol. The summed E-state index contributed by atoms with van der Waals surface area (Å²) < 4.78 is 0. The van der Waals surface area contributed by atoms with Gasteiger partial charge in [0.25, 0.3) is 0 Å². The first-order valence-electron chi connectivity index (χ1n) is 11.3. The SMILES string of the molecule is CSCCC(N)C(=O)NC(CCSC)C(=O)N1CCCC1C(=O)NC(CCCCN)C(=O)O. The van der Waals surface area contributed by atoms with Crippen LogP contribution in [0.15, 0.2) is 0 Å². The largest absolute Gasteiger partial charge is 0.480 e. The van der Waals surface area contributed by atoms with Gasteiger partial charge in [-0.3, -0.25) is 14.4 Å². The molecule has 4 atom stereocenters. The lowest BCUT2D eigenvalue weighted by atomic mass is 10.1. The third kappa shape index (κ3) is 10.1. The molecule has 4 unspecified atom stereocenters. The summed E-state index contributed by atoms with van der Waals surface area (Å²) in [6, 6.07) is -3.27. The molecule has 0 aromatic rings. The van der Waals surface area contributed by atoms with Crippen LogP contribution in [0.1, 0.15) is 44.9 Å². The number of carboxylic acids is 1. The van der Waals surface area contributed by atoms with Crippen LogP contribution in [0, 0.1) is 0 Å². The number of nitrogens with zero attached hydrogens (tertiary/aromatic N) is 1. The number of hydrogen-bond donors (Lipinski definition) is 5. The highest BCUT2D eigenvalue weighted by atomic mass is 32.2. The predicted octanol–water partition coefficient (Wildman–Crippen LogP) is -0.00590. The molecule has 1 rings (SSSR count). The van der Waals surface area contributed by atoms with E-state index in [4.69, 9.17) is 11.5 Å². The van der Waals surface area contributed by atoms with Gasteiger partial charge in [-0.15, -0.1) is 0 Å². The number of unbranched alkanes of at least 4 members (excludes halogenated alkanes) is 1. The number of carboxylic acid groups (broad SMARTS) is 1. The number of aliphatic carboxylic acids is 1. The van der Waals surface area contributed by atoms with Crippen LogP contribution in [0.2, 0.25) is 0 Å². The summed E-state index contributed by atoms with van der Waals surface area (Å²) in [6.07, 6.45) is 7.38. The molecule has 1 aliphatic rings. The van der Waals surface area contributed by atoms with Crippen LogP contribution in [0.25, 0.3) is 0 Å². The van der Waals surface area contributed by atoms with Gasteiger partial charge in [0.2, 0.25) is 17.7 Å². The molecule has 0 spiro atoms. The number of thioether (sulfide) groups is 2. The second kappa shape index (κ2) is 16.2. The fraction of sp³-hybridized carbons (Fsp3) is 0.810. The Morgan fingerprint density at radius 3 is 2.30 bits per heavy atom. The maximum atomic E-state index is 13.3. The summed E-state index contributed by atoms with van der Waals surface area (Å²) in [4.78, 5) is 51.7. The summed E-state index contributed by atoms with van der Waals surface area (Å²) in [7, 11) is 0. The molecule has 1 heterocycles. The van der Waals surface area contributed by atoms with Crippen molar-refractivity contribution in [1.82, 2.24) is 15.5 Å². The number of carbonyl (C=O) groups excluding carboxylic acids is 3. The molecule has 0 aromatic heterocycles. The Kier molecular flexibility index (Phi) is 14.5.